The first kappa shape index (κ1) is 14.0. The van der Waals surface area contributed by atoms with Crippen LogP contribution in [-0.4, -0.2) is 17.1 Å². The van der Waals surface area contributed by atoms with Crippen molar-refractivity contribution in [2.45, 2.75) is 38.8 Å². The SMILES string of the molecule is CC(O)CCC(=O)NC(C)c1cccc(Cl)c1. The van der Waals surface area contributed by atoms with Crippen molar-refractivity contribution in [1.29, 1.82) is 0 Å². The molecule has 2 N–H and O–H groups in total. The van der Waals surface area contributed by atoms with Gasteiger partial charge in [0.25, 0.3) is 0 Å². The molecule has 2 unspecified atom stereocenters. The lowest BCUT2D eigenvalue weighted by atomic mass is 10.1. The van der Waals surface area contributed by atoms with Gasteiger partial charge in [-0.1, -0.05) is 23.7 Å². The Morgan fingerprint density at radius 2 is 2.18 bits per heavy atom. The Hall–Kier alpha value is -1.06. The maximum atomic E-state index is 11.6. The standard InChI is InChI=1S/C13H18ClNO2/c1-9(16)6-7-13(17)15-10(2)11-4-3-5-12(14)8-11/h3-5,8-10,16H,6-7H2,1-2H3,(H,15,17). The van der Waals surface area contributed by atoms with Gasteiger partial charge in [0, 0.05) is 11.4 Å². The van der Waals surface area contributed by atoms with Crippen LogP contribution >= 0.6 is 11.6 Å². The maximum absolute atomic E-state index is 11.6. The first-order valence-electron chi connectivity index (χ1n) is 5.72. The molecule has 0 fully saturated rings. The molecule has 0 aliphatic rings. The molecular weight excluding hydrogens is 238 g/mol. The zero-order valence-electron chi connectivity index (χ0n) is 10.1. The highest BCUT2D eigenvalue weighted by molar-refractivity contribution is 6.30. The Morgan fingerprint density at radius 1 is 1.47 bits per heavy atom. The summed E-state index contributed by atoms with van der Waals surface area (Å²) < 4.78 is 0. The molecule has 94 valence electrons. The van der Waals surface area contributed by atoms with Crippen LogP contribution in [-0.2, 0) is 4.79 Å². The van der Waals surface area contributed by atoms with Crippen LogP contribution in [0.15, 0.2) is 24.3 Å². The van der Waals surface area contributed by atoms with Gasteiger partial charge in [-0.3, -0.25) is 4.79 Å². The molecule has 1 aromatic rings. The summed E-state index contributed by atoms with van der Waals surface area (Å²) >= 11 is 5.88. The third-order valence-corrected chi connectivity index (χ3v) is 2.75. The van der Waals surface area contributed by atoms with Crippen LogP contribution in [0.1, 0.15) is 38.3 Å². The summed E-state index contributed by atoms with van der Waals surface area (Å²) in [6.07, 6.45) is 0.374. The Bertz CT molecular complexity index is 379. The van der Waals surface area contributed by atoms with Crippen LogP contribution in [0.25, 0.3) is 0 Å². The predicted molar refractivity (Wildman–Crippen MR) is 68.9 cm³/mol. The van der Waals surface area contributed by atoms with Crippen LogP contribution in [0, 0.1) is 0 Å². The lowest BCUT2D eigenvalue weighted by Crippen LogP contribution is -2.27. The minimum atomic E-state index is -0.442. The average Bonchev–Trinajstić information content (AvgIpc) is 2.26. The summed E-state index contributed by atoms with van der Waals surface area (Å²) in [6, 6.07) is 7.34. The summed E-state index contributed by atoms with van der Waals surface area (Å²) in [5.41, 5.74) is 0.975. The fourth-order valence-corrected chi connectivity index (χ4v) is 1.71. The molecule has 0 aliphatic heterocycles. The van der Waals surface area contributed by atoms with Crippen LogP contribution < -0.4 is 5.32 Å². The number of amides is 1. The molecule has 0 aromatic heterocycles. The van der Waals surface area contributed by atoms with E-state index in [0.29, 0.717) is 17.9 Å². The van der Waals surface area contributed by atoms with E-state index in [1.807, 2.05) is 25.1 Å². The summed E-state index contributed by atoms with van der Waals surface area (Å²) in [6.45, 7) is 3.58. The average molecular weight is 256 g/mol. The topological polar surface area (TPSA) is 49.3 Å². The van der Waals surface area contributed by atoms with Gasteiger partial charge < -0.3 is 10.4 Å². The van der Waals surface area contributed by atoms with Gasteiger partial charge in [0.05, 0.1) is 12.1 Å². The molecule has 0 spiro atoms. The molecule has 0 heterocycles. The normalized spacial score (nSPS) is 14.1. The number of nitrogens with one attached hydrogen (secondary N) is 1. The number of hydrogen-bond donors (Lipinski definition) is 2. The summed E-state index contributed by atoms with van der Waals surface area (Å²) in [4.78, 5) is 11.6. The van der Waals surface area contributed by atoms with Crippen LogP contribution in [0.4, 0.5) is 0 Å². The van der Waals surface area contributed by atoms with E-state index in [0.717, 1.165) is 5.56 Å². The van der Waals surface area contributed by atoms with E-state index in [4.69, 9.17) is 16.7 Å². The molecule has 0 aliphatic carbocycles. The smallest absolute Gasteiger partial charge is 0.220 e. The summed E-state index contributed by atoms with van der Waals surface area (Å²) in [5.74, 6) is -0.0571. The first-order chi connectivity index (χ1) is 7.99. The number of halogens is 1. The largest absolute Gasteiger partial charge is 0.393 e. The highest BCUT2D eigenvalue weighted by atomic mass is 35.5. The van der Waals surface area contributed by atoms with E-state index in [-0.39, 0.29) is 11.9 Å². The molecule has 0 saturated heterocycles. The van der Waals surface area contributed by atoms with Gasteiger partial charge in [-0.2, -0.15) is 0 Å². The van der Waals surface area contributed by atoms with E-state index in [1.54, 1.807) is 13.0 Å². The van der Waals surface area contributed by atoms with Gasteiger partial charge in [0.15, 0.2) is 0 Å². The van der Waals surface area contributed by atoms with Gasteiger partial charge >= 0.3 is 0 Å². The minimum absolute atomic E-state index is 0.0571. The van der Waals surface area contributed by atoms with Crippen LogP contribution in [0.5, 0.6) is 0 Å². The maximum Gasteiger partial charge on any atom is 0.220 e. The molecule has 1 rings (SSSR count). The number of rotatable bonds is 5. The van der Waals surface area contributed by atoms with Gasteiger partial charge in [-0.05, 0) is 38.0 Å². The van der Waals surface area contributed by atoms with Crippen molar-refractivity contribution in [2.24, 2.45) is 0 Å². The van der Waals surface area contributed by atoms with Crippen molar-refractivity contribution >= 4 is 17.5 Å². The van der Waals surface area contributed by atoms with Crippen molar-refractivity contribution in [2.75, 3.05) is 0 Å². The van der Waals surface area contributed by atoms with E-state index in [2.05, 4.69) is 5.32 Å². The number of aliphatic hydroxyl groups is 1. The molecular formula is C13H18ClNO2. The quantitative estimate of drug-likeness (QED) is 0.850. The van der Waals surface area contributed by atoms with Crippen molar-refractivity contribution in [1.82, 2.24) is 5.32 Å². The molecule has 0 saturated carbocycles. The monoisotopic (exact) mass is 255 g/mol. The second-order valence-electron chi connectivity index (χ2n) is 4.23. The first-order valence-corrected chi connectivity index (χ1v) is 6.09. The third kappa shape index (κ3) is 5.20. The van der Waals surface area contributed by atoms with E-state index in [1.165, 1.54) is 0 Å². The fourth-order valence-electron chi connectivity index (χ4n) is 1.51. The third-order valence-electron chi connectivity index (χ3n) is 2.52. The number of carbonyl (C=O) groups excluding carboxylic acids is 1. The molecule has 0 bridgehead atoms. The Labute approximate surface area is 107 Å². The molecule has 4 heteroatoms. The number of aliphatic hydroxyl groups excluding tert-OH is 1. The summed E-state index contributed by atoms with van der Waals surface area (Å²) in [5, 5.41) is 12.6. The molecule has 17 heavy (non-hydrogen) atoms. The molecule has 1 amide bonds. The zero-order chi connectivity index (χ0) is 12.8. The van der Waals surface area contributed by atoms with Gasteiger partial charge in [-0.15, -0.1) is 0 Å². The lowest BCUT2D eigenvalue weighted by Gasteiger charge is -2.15. The highest BCUT2D eigenvalue weighted by Gasteiger charge is 2.10. The fraction of sp³-hybridized carbons (Fsp3) is 0.462. The number of hydrogen-bond acceptors (Lipinski definition) is 2. The Balaban J connectivity index is 2.48. The van der Waals surface area contributed by atoms with Gasteiger partial charge in [0.2, 0.25) is 5.91 Å². The van der Waals surface area contributed by atoms with Crippen LogP contribution in [0.3, 0.4) is 0 Å². The van der Waals surface area contributed by atoms with Crippen molar-refractivity contribution in [3.8, 4) is 0 Å². The van der Waals surface area contributed by atoms with Gasteiger partial charge in [-0.25, -0.2) is 0 Å². The second-order valence-corrected chi connectivity index (χ2v) is 4.67. The number of carbonyl (C=O) groups is 1. The minimum Gasteiger partial charge on any atom is -0.393 e. The van der Waals surface area contributed by atoms with E-state index < -0.39 is 6.10 Å². The van der Waals surface area contributed by atoms with Crippen LogP contribution in [0.2, 0.25) is 5.02 Å². The molecule has 2 atom stereocenters. The van der Waals surface area contributed by atoms with Crippen molar-refractivity contribution in [3.05, 3.63) is 34.9 Å². The van der Waals surface area contributed by atoms with Gasteiger partial charge in [0.1, 0.15) is 0 Å². The highest BCUT2D eigenvalue weighted by Crippen LogP contribution is 2.17. The second kappa shape index (κ2) is 6.62. The molecule has 1 aromatic carbocycles. The Kier molecular flexibility index (Phi) is 5.45. The van der Waals surface area contributed by atoms with Crippen molar-refractivity contribution < 1.29 is 9.90 Å². The molecule has 0 radical (unpaired) electrons. The van der Waals surface area contributed by atoms with E-state index in [9.17, 15) is 4.79 Å². The van der Waals surface area contributed by atoms with Crippen molar-refractivity contribution in [3.63, 3.8) is 0 Å². The Morgan fingerprint density at radius 3 is 2.76 bits per heavy atom. The van der Waals surface area contributed by atoms with E-state index >= 15 is 0 Å². The number of benzene rings is 1. The summed E-state index contributed by atoms with van der Waals surface area (Å²) in [7, 11) is 0. The lowest BCUT2D eigenvalue weighted by molar-refractivity contribution is -0.122. The zero-order valence-corrected chi connectivity index (χ0v) is 10.9. The predicted octanol–water partition coefficient (Wildman–Crippen LogP) is 2.68. The molecule has 3 nitrogen and oxygen atoms in total.